The largest absolute Gasteiger partial charge is 0.494 e. The Kier molecular flexibility index (Phi) is 7.45. The SMILES string of the molecule is CN(CCCCCCCOc1ccc2c(c1)C(=O)N(C1CCC(=O)NC1=O)C2=O)C(=O)O. The second-order valence-electron chi connectivity index (χ2n) is 7.97. The lowest BCUT2D eigenvalue weighted by Crippen LogP contribution is -2.54. The number of nitrogens with zero attached hydrogens (tertiary/aromatic N) is 2. The first-order valence-electron chi connectivity index (χ1n) is 10.7. The molecule has 1 aromatic carbocycles. The van der Waals surface area contributed by atoms with Crippen LogP contribution in [-0.4, -0.2) is 70.9 Å². The van der Waals surface area contributed by atoms with Gasteiger partial charge in [0.05, 0.1) is 17.7 Å². The van der Waals surface area contributed by atoms with Crippen molar-refractivity contribution in [2.45, 2.75) is 51.0 Å². The van der Waals surface area contributed by atoms with Crippen LogP contribution in [0.4, 0.5) is 4.79 Å². The smallest absolute Gasteiger partial charge is 0.407 e. The topological polar surface area (TPSA) is 133 Å². The van der Waals surface area contributed by atoms with Gasteiger partial charge < -0.3 is 14.7 Å². The number of piperidine rings is 1. The minimum Gasteiger partial charge on any atom is -0.494 e. The third-order valence-electron chi connectivity index (χ3n) is 5.64. The monoisotopic (exact) mass is 445 g/mol. The van der Waals surface area contributed by atoms with Crippen molar-refractivity contribution < 1.29 is 33.8 Å². The number of nitrogens with one attached hydrogen (secondary N) is 1. The van der Waals surface area contributed by atoms with Crippen LogP contribution in [0.15, 0.2) is 18.2 Å². The van der Waals surface area contributed by atoms with Gasteiger partial charge in [-0.1, -0.05) is 19.3 Å². The molecule has 2 heterocycles. The van der Waals surface area contributed by atoms with Crippen LogP contribution in [0.3, 0.4) is 0 Å². The predicted octanol–water partition coefficient (Wildman–Crippen LogP) is 2.03. The molecule has 2 N–H and O–H groups in total. The first-order valence-corrected chi connectivity index (χ1v) is 10.7. The van der Waals surface area contributed by atoms with Gasteiger partial charge in [0.1, 0.15) is 11.8 Å². The van der Waals surface area contributed by atoms with E-state index in [0.717, 1.165) is 37.0 Å². The number of rotatable bonds is 10. The molecule has 0 spiro atoms. The molecule has 1 saturated heterocycles. The molecule has 0 aliphatic carbocycles. The number of carboxylic acid groups (broad SMARTS) is 1. The Bertz CT molecular complexity index is 930. The number of hydrogen-bond acceptors (Lipinski definition) is 6. The second-order valence-corrected chi connectivity index (χ2v) is 7.97. The van der Waals surface area contributed by atoms with Crippen molar-refractivity contribution in [2.75, 3.05) is 20.2 Å². The third-order valence-corrected chi connectivity index (χ3v) is 5.64. The number of amides is 5. The van der Waals surface area contributed by atoms with Crippen LogP contribution < -0.4 is 10.1 Å². The molecule has 0 aromatic heterocycles. The lowest BCUT2D eigenvalue weighted by atomic mass is 10.0. The number of benzene rings is 1. The summed E-state index contributed by atoms with van der Waals surface area (Å²) < 4.78 is 5.72. The molecule has 10 heteroatoms. The van der Waals surface area contributed by atoms with Crippen molar-refractivity contribution in [2.24, 2.45) is 0 Å². The number of carbonyl (C=O) groups is 5. The van der Waals surface area contributed by atoms with Crippen molar-refractivity contribution in [1.29, 1.82) is 0 Å². The number of hydrogen-bond donors (Lipinski definition) is 2. The summed E-state index contributed by atoms with van der Waals surface area (Å²) in [5, 5.41) is 11.0. The van der Waals surface area contributed by atoms with Gasteiger partial charge in [0.15, 0.2) is 0 Å². The highest BCUT2D eigenvalue weighted by molar-refractivity contribution is 6.23. The minimum absolute atomic E-state index is 0.0778. The van der Waals surface area contributed by atoms with Crippen LogP contribution >= 0.6 is 0 Å². The standard InChI is InChI=1S/C22H27N3O7/c1-24(22(30)31)11-5-3-2-4-6-12-32-14-7-8-15-16(13-14)21(29)25(20(15)28)17-9-10-18(26)23-19(17)27/h7-8,13,17H,2-6,9-12H2,1H3,(H,30,31)(H,23,26,27). The quantitative estimate of drug-likeness (QED) is 0.416. The number of imide groups is 2. The number of fused-ring (bicyclic) bond motifs is 1. The Hall–Kier alpha value is -3.43. The molecular formula is C22H27N3O7. The van der Waals surface area contributed by atoms with Gasteiger partial charge >= 0.3 is 6.09 Å². The molecule has 172 valence electrons. The van der Waals surface area contributed by atoms with Crippen molar-refractivity contribution >= 4 is 29.7 Å². The average molecular weight is 445 g/mol. The molecule has 0 saturated carbocycles. The molecule has 1 unspecified atom stereocenters. The molecule has 0 radical (unpaired) electrons. The molecule has 1 aromatic rings. The zero-order chi connectivity index (χ0) is 23.3. The molecule has 3 rings (SSSR count). The molecule has 2 aliphatic heterocycles. The van der Waals surface area contributed by atoms with E-state index in [1.807, 2.05) is 0 Å². The van der Waals surface area contributed by atoms with Crippen LogP contribution in [0.25, 0.3) is 0 Å². The van der Waals surface area contributed by atoms with E-state index in [9.17, 15) is 24.0 Å². The van der Waals surface area contributed by atoms with Gasteiger partial charge in [-0.15, -0.1) is 0 Å². The molecule has 32 heavy (non-hydrogen) atoms. The fourth-order valence-corrected chi connectivity index (χ4v) is 3.81. The predicted molar refractivity (Wildman–Crippen MR) is 112 cm³/mol. The molecule has 1 fully saturated rings. The van der Waals surface area contributed by atoms with Crippen LogP contribution in [0.2, 0.25) is 0 Å². The van der Waals surface area contributed by atoms with E-state index in [4.69, 9.17) is 9.84 Å². The van der Waals surface area contributed by atoms with Gasteiger partial charge in [-0.2, -0.15) is 0 Å². The lowest BCUT2D eigenvalue weighted by Gasteiger charge is -2.27. The first kappa shape index (κ1) is 23.2. The van der Waals surface area contributed by atoms with Crippen LogP contribution in [0.1, 0.15) is 65.7 Å². The zero-order valence-electron chi connectivity index (χ0n) is 18.0. The van der Waals surface area contributed by atoms with Gasteiger partial charge in [-0.25, -0.2) is 4.79 Å². The molecule has 5 amide bonds. The normalized spacial score (nSPS) is 17.9. The van der Waals surface area contributed by atoms with Gasteiger partial charge in [0.2, 0.25) is 11.8 Å². The second kappa shape index (κ2) is 10.3. The van der Waals surface area contributed by atoms with Gasteiger partial charge in [-0.3, -0.25) is 29.4 Å². The van der Waals surface area contributed by atoms with Crippen molar-refractivity contribution in [3.63, 3.8) is 0 Å². The van der Waals surface area contributed by atoms with Crippen molar-refractivity contribution in [1.82, 2.24) is 15.1 Å². The molecule has 2 aliphatic rings. The van der Waals surface area contributed by atoms with E-state index in [0.29, 0.717) is 18.9 Å². The van der Waals surface area contributed by atoms with Crippen LogP contribution in [0.5, 0.6) is 5.75 Å². The lowest BCUT2D eigenvalue weighted by molar-refractivity contribution is -0.136. The zero-order valence-corrected chi connectivity index (χ0v) is 18.0. The number of unbranched alkanes of at least 4 members (excludes halogenated alkanes) is 4. The van der Waals surface area contributed by atoms with E-state index in [1.54, 1.807) is 13.1 Å². The van der Waals surface area contributed by atoms with E-state index in [-0.39, 0.29) is 24.0 Å². The Morgan fingerprint density at radius 3 is 2.50 bits per heavy atom. The van der Waals surface area contributed by atoms with Gasteiger partial charge in [0.25, 0.3) is 11.8 Å². The summed E-state index contributed by atoms with van der Waals surface area (Å²) in [6.45, 7) is 0.969. The van der Waals surface area contributed by atoms with Crippen LogP contribution in [-0.2, 0) is 9.59 Å². The van der Waals surface area contributed by atoms with E-state index < -0.39 is 35.8 Å². The summed E-state index contributed by atoms with van der Waals surface area (Å²) in [6.07, 6.45) is 3.73. The van der Waals surface area contributed by atoms with E-state index in [2.05, 4.69) is 5.32 Å². The Balaban J connectivity index is 1.46. The fourth-order valence-electron chi connectivity index (χ4n) is 3.81. The van der Waals surface area contributed by atoms with Gasteiger partial charge in [-0.05, 0) is 37.5 Å². The maximum atomic E-state index is 12.8. The number of carbonyl (C=O) groups excluding carboxylic acids is 4. The molecule has 0 bridgehead atoms. The van der Waals surface area contributed by atoms with E-state index in [1.165, 1.54) is 17.0 Å². The highest BCUT2D eigenvalue weighted by Crippen LogP contribution is 2.30. The maximum Gasteiger partial charge on any atom is 0.407 e. The Morgan fingerprint density at radius 2 is 1.78 bits per heavy atom. The Labute approximate surface area is 185 Å². The third kappa shape index (κ3) is 5.24. The molecule has 10 nitrogen and oxygen atoms in total. The maximum absolute atomic E-state index is 12.8. The summed E-state index contributed by atoms with van der Waals surface area (Å²) in [5.41, 5.74) is 0.415. The highest BCUT2D eigenvalue weighted by Gasteiger charge is 2.44. The van der Waals surface area contributed by atoms with Crippen molar-refractivity contribution in [3.8, 4) is 5.75 Å². The first-order chi connectivity index (χ1) is 15.3. The Morgan fingerprint density at radius 1 is 1.09 bits per heavy atom. The highest BCUT2D eigenvalue weighted by atomic mass is 16.5. The molecular weight excluding hydrogens is 418 g/mol. The summed E-state index contributed by atoms with van der Waals surface area (Å²) in [4.78, 5) is 61.8. The average Bonchev–Trinajstić information content (AvgIpc) is 3.00. The summed E-state index contributed by atoms with van der Waals surface area (Å²) >= 11 is 0. The fraction of sp³-hybridized carbons (Fsp3) is 0.500. The van der Waals surface area contributed by atoms with Gasteiger partial charge in [0, 0.05) is 20.0 Å². The summed E-state index contributed by atoms with van der Waals surface area (Å²) in [7, 11) is 1.55. The van der Waals surface area contributed by atoms with E-state index >= 15 is 0 Å². The number of ether oxygens (including phenoxy) is 1. The van der Waals surface area contributed by atoms with Crippen LogP contribution in [0, 0.1) is 0 Å². The van der Waals surface area contributed by atoms with Crippen molar-refractivity contribution in [3.05, 3.63) is 29.3 Å². The molecule has 1 atom stereocenters. The minimum atomic E-state index is -0.986. The summed E-state index contributed by atoms with van der Waals surface area (Å²) in [6, 6.07) is 3.68. The summed E-state index contributed by atoms with van der Waals surface area (Å²) in [5.74, 6) is -1.68.